The smallest absolute Gasteiger partial charge is 0.356 e. The molecule has 0 radical (unpaired) electrons. The van der Waals surface area contributed by atoms with E-state index >= 15 is 0 Å². The summed E-state index contributed by atoms with van der Waals surface area (Å²) in [6.07, 6.45) is 6.09. The third kappa shape index (κ3) is 2.26. The molecule has 0 aliphatic carbocycles. The molecule has 2 heterocycles. The monoisotopic (exact) mass is 266 g/mol. The third-order valence-corrected chi connectivity index (χ3v) is 2.82. The summed E-state index contributed by atoms with van der Waals surface area (Å²) < 4.78 is 0. The van der Waals surface area contributed by atoms with Crippen molar-refractivity contribution in [1.82, 2.24) is 15.0 Å². The van der Waals surface area contributed by atoms with Gasteiger partial charge in [0.1, 0.15) is 5.82 Å². The number of anilines is 2. The molecule has 6 heteroatoms. The lowest BCUT2D eigenvalue weighted by Gasteiger charge is -2.08. The Morgan fingerprint density at radius 1 is 1.10 bits per heavy atom. The highest BCUT2D eigenvalue weighted by Crippen LogP contribution is 2.24. The van der Waals surface area contributed by atoms with Gasteiger partial charge in [0.05, 0.1) is 12.4 Å². The number of hydrogen-bond acceptors (Lipinski definition) is 5. The Balaban J connectivity index is 1.95. The van der Waals surface area contributed by atoms with Crippen molar-refractivity contribution < 1.29 is 9.90 Å². The lowest BCUT2D eigenvalue weighted by molar-refractivity contribution is 0.0690. The van der Waals surface area contributed by atoms with Crippen LogP contribution in [0, 0.1) is 0 Å². The molecule has 2 aromatic heterocycles. The van der Waals surface area contributed by atoms with Gasteiger partial charge in [-0.05, 0) is 17.5 Å². The summed E-state index contributed by atoms with van der Waals surface area (Å²) in [5, 5.41) is 13.9. The fourth-order valence-corrected chi connectivity index (χ4v) is 1.86. The highest BCUT2D eigenvalue weighted by atomic mass is 16.4. The first kappa shape index (κ1) is 12.0. The number of carbonyl (C=O) groups is 1. The maximum atomic E-state index is 10.7. The Morgan fingerprint density at radius 3 is 2.75 bits per heavy atom. The minimum absolute atomic E-state index is 0.0878. The number of aromatic carboxylic acids is 1. The van der Waals surface area contributed by atoms with E-state index in [1.807, 2.05) is 24.3 Å². The summed E-state index contributed by atoms with van der Waals surface area (Å²) in [7, 11) is 0. The normalized spacial score (nSPS) is 10.4. The number of fused-ring (bicyclic) bond motifs is 1. The van der Waals surface area contributed by atoms with E-state index in [0.29, 0.717) is 5.82 Å². The zero-order chi connectivity index (χ0) is 13.9. The number of aromatic nitrogens is 3. The molecule has 0 atom stereocenters. The van der Waals surface area contributed by atoms with Crippen LogP contribution in [-0.4, -0.2) is 26.0 Å². The van der Waals surface area contributed by atoms with E-state index in [1.165, 1.54) is 12.4 Å². The summed E-state index contributed by atoms with van der Waals surface area (Å²) in [4.78, 5) is 22.7. The number of rotatable bonds is 3. The Labute approximate surface area is 114 Å². The molecule has 0 saturated carbocycles. The first-order valence-electron chi connectivity index (χ1n) is 5.89. The van der Waals surface area contributed by atoms with E-state index < -0.39 is 5.97 Å². The van der Waals surface area contributed by atoms with Crippen molar-refractivity contribution in [2.24, 2.45) is 0 Å². The molecule has 0 spiro atoms. The first-order valence-corrected chi connectivity index (χ1v) is 5.89. The summed E-state index contributed by atoms with van der Waals surface area (Å²) in [5.41, 5.74) is 0.753. The summed E-state index contributed by atoms with van der Waals surface area (Å²) in [5.74, 6) is -0.621. The van der Waals surface area contributed by atoms with Crippen LogP contribution in [0.5, 0.6) is 0 Å². The van der Waals surface area contributed by atoms with Crippen LogP contribution in [0.1, 0.15) is 10.5 Å². The largest absolute Gasteiger partial charge is 0.476 e. The van der Waals surface area contributed by atoms with Gasteiger partial charge in [-0.2, -0.15) is 0 Å². The molecule has 0 amide bonds. The van der Waals surface area contributed by atoms with Crippen LogP contribution in [0.15, 0.2) is 49.1 Å². The van der Waals surface area contributed by atoms with E-state index in [1.54, 1.807) is 12.4 Å². The fraction of sp³-hybridized carbons (Fsp3) is 0. The second-order valence-corrected chi connectivity index (χ2v) is 4.12. The molecule has 98 valence electrons. The van der Waals surface area contributed by atoms with Gasteiger partial charge >= 0.3 is 5.97 Å². The van der Waals surface area contributed by atoms with Crippen LogP contribution in [0.3, 0.4) is 0 Å². The molecule has 0 aliphatic rings. The van der Waals surface area contributed by atoms with Gasteiger partial charge in [0, 0.05) is 23.5 Å². The highest BCUT2D eigenvalue weighted by Gasteiger charge is 2.06. The molecule has 3 rings (SSSR count). The quantitative estimate of drug-likeness (QED) is 0.757. The molecule has 0 fully saturated rings. The van der Waals surface area contributed by atoms with Gasteiger partial charge in [0.25, 0.3) is 0 Å². The minimum Gasteiger partial charge on any atom is -0.476 e. The summed E-state index contributed by atoms with van der Waals surface area (Å²) >= 11 is 0. The van der Waals surface area contributed by atoms with Crippen LogP contribution in [0.4, 0.5) is 11.5 Å². The Kier molecular flexibility index (Phi) is 2.96. The molecule has 0 aliphatic heterocycles. The second-order valence-electron chi connectivity index (χ2n) is 4.12. The van der Waals surface area contributed by atoms with Gasteiger partial charge in [0.2, 0.25) is 0 Å². The predicted molar refractivity (Wildman–Crippen MR) is 74.0 cm³/mol. The standard InChI is InChI=1S/C14H10N4O2/c19-14(20)12-7-17-13(8-16-12)18-11-3-1-2-9-4-5-15-6-10(9)11/h1-8H,(H,17,18)(H,19,20). The fourth-order valence-electron chi connectivity index (χ4n) is 1.86. The number of carboxylic acid groups (broad SMARTS) is 1. The van der Waals surface area contributed by atoms with Crippen LogP contribution in [0.25, 0.3) is 10.8 Å². The summed E-state index contributed by atoms with van der Waals surface area (Å²) in [6, 6.07) is 7.72. The number of nitrogens with zero attached hydrogens (tertiary/aromatic N) is 3. The number of pyridine rings is 1. The SMILES string of the molecule is O=C(O)c1cnc(Nc2cccc3ccncc23)cn1. The zero-order valence-corrected chi connectivity index (χ0v) is 10.3. The molecular weight excluding hydrogens is 256 g/mol. The molecule has 2 N–H and O–H groups in total. The van der Waals surface area contributed by atoms with Crippen LogP contribution in [0.2, 0.25) is 0 Å². The molecule has 6 nitrogen and oxygen atoms in total. The number of hydrogen-bond donors (Lipinski definition) is 2. The van der Waals surface area contributed by atoms with Crippen molar-refractivity contribution in [1.29, 1.82) is 0 Å². The molecule has 0 unspecified atom stereocenters. The van der Waals surface area contributed by atoms with Crippen LogP contribution >= 0.6 is 0 Å². The van der Waals surface area contributed by atoms with Gasteiger partial charge in [-0.25, -0.2) is 14.8 Å². The van der Waals surface area contributed by atoms with Crippen molar-refractivity contribution in [2.45, 2.75) is 0 Å². The van der Waals surface area contributed by atoms with Crippen molar-refractivity contribution in [3.8, 4) is 0 Å². The molecule has 1 aromatic carbocycles. The van der Waals surface area contributed by atoms with E-state index in [9.17, 15) is 4.79 Å². The highest BCUT2D eigenvalue weighted by molar-refractivity contribution is 5.94. The Hall–Kier alpha value is -3.02. The van der Waals surface area contributed by atoms with E-state index in [4.69, 9.17) is 5.11 Å². The van der Waals surface area contributed by atoms with Gasteiger partial charge in [0.15, 0.2) is 5.69 Å². The third-order valence-electron chi connectivity index (χ3n) is 2.82. The van der Waals surface area contributed by atoms with Crippen molar-refractivity contribution in [3.63, 3.8) is 0 Å². The maximum absolute atomic E-state index is 10.7. The maximum Gasteiger partial charge on any atom is 0.356 e. The average molecular weight is 266 g/mol. The van der Waals surface area contributed by atoms with Crippen molar-refractivity contribution in [2.75, 3.05) is 5.32 Å². The van der Waals surface area contributed by atoms with E-state index in [0.717, 1.165) is 16.5 Å². The van der Waals surface area contributed by atoms with Gasteiger partial charge in [-0.15, -0.1) is 0 Å². The zero-order valence-electron chi connectivity index (χ0n) is 10.3. The topological polar surface area (TPSA) is 88.0 Å². The lowest BCUT2D eigenvalue weighted by Crippen LogP contribution is -2.02. The number of benzene rings is 1. The van der Waals surface area contributed by atoms with Crippen LogP contribution < -0.4 is 5.32 Å². The van der Waals surface area contributed by atoms with Gasteiger partial charge in [-0.3, -0.25) is 4.98 Å². The van der Waals surface area contributed by atoms with Gasteiger partial charge < -0.3 is 10.4 Å². The first-order chi connectivity index (χ1) is 9.74. The average Bonchev–Trinajstić information content (AvgIpc) is 2.48. The van der Waals surface area contributed by atoms with E-state index in [2.05, 4.69) is 20.3 Å². The minimum atomic E-state index is -1.10. The lowest BCUT2D eigenvalue weighted by atomic mass is 10.1. The van der Waals surface area contributed by atoms with E-state index in [-0.39, 0.29) is 5.69 Å². The molecule has 20 heavy (non-hydrogen) atoms. The van der Waals surface area contributed by atoms with Crippen molar-refractivity contribution >= 4 is 28.2 Å². The molecule has 3 aromatic rings. The second kappa shape index (κ2) is 4.93. The number of carboxylic acids is 1. The van der Waals surface area contributed by atoms with Crippen molar-refractivity contribution in [3.05, 3.63) is 54.7 Å². The Morgan fingerprint density at radius 2 is 2.00 bits per heavy atom. The predicted octanol–water partition coefficient (Wildman–Crippen LogP) is 2.47. The number of nitrogens with one attached hydrogen (secondary N) is 1. The molecule has 0 saturated heterocycles. The summed E-state index contributed by atoms with van der Waals surface area (Å²) in [6.45, 7) is 0. The van der Waals surface area contributed by atoms with Gasteiger partial charge in [-0.1, -0.05) is 12.1 Å². The molecular formula is C14H10N4O2. The van der Waals surface area contributed by atoms with Crippen LogP contribution in [-0.2, 0) is 0 Å². The Bertz CT molecular complexity index is 766. The molecule has 0 bridgehead atoms.